The summed E-state index contributed by atoms with van der Waals surface area (Å²) >= 11 is 0. The van der Waals surface area contributed by atoms with Crippen molar-refractivity contribution >= 4 is 34.1 Å². The second-order valence-electron chi connectivity index (χ2n) is 6.15. The van der Waals surface area contributed by atoms with Gasteiger partial charge >= 0.3 is 7.12 Å². The molecule has 26 heavy (non-hydrogen) atoms. The molecular weight excluding hydrogens is 321 g/mol. The van der Waals surface area contributed by atoms with E-state index in [-0.39, 0.29) is 0 Å². The monoisotopic (exact) mass is 343 g/mol. The van der Waals surface area contributed by atoms with E-state index in [1.165, 1.54) is 21.5 Å². The third kappa shape index (κ3) is 4.30. The fraction of sp³-hybridized carbons (Fsp3) is 0.0909. The molecule has 4 aromatic carbocycles. The summed E-state index contributed by atoms with van der Waals surface area (Å²) in [6.07, 6.45) is 0. The Morgan fingerprint density at radius 2 is 1.12 bits per heavy atom. The predicted molar refractivity (Wildman–Crippen MR) is 110 cm³/mol. The van der Waals surface area contributed by atoms with E-state index in [9.17, 15) is 0 Å². The SMILES string of the molecule is CNCc1ccccc1B(O)O.c1ccc2cc3ccccc3cc2c1. The maximum atomic E-state index is 8.96. The van der Waals surface area contributed by atoms with Crippen LogP contribution in [0.3, 0.4) is 0 Å². The van der Waals surface area contributed by atoms with E-state index in [0.29, 0.717) is 12.0 Å². The summed E-state index contributed by atoms with van der Waals surface area (Å²) < 4.78 is 0. The van der Waals surface area contributed by atoms with Crippen LogP contribution < -0.4 is 10.8 Å². The van der Waals surface area contributed by atoms with Crippen LogP contribution in [-0.4, -0.2) is 24.2 Å². The van der Waals surface area contributed by atoms with Gasteiger partial charge in [-0.1, -0.05) is 72.8 Å². The van der Waals surface area contributed by atoms with Crippen LogP contribution >= 0.6 is 0 Å². The van der Waals surface area contributed by atoms with Crippen LogP contribution in [0.15, 0.2) is 84.9 Å². The lowest BCUT2D eigenvalue weighted by atomic mass is 9.77. The van der Waals surface area contributed by atoms with Gasteiger partial charge in [-0.3, -0.25) is 0 Å². The molecule has 0 aliphatic carbocycles. The van der Waals surface area contributed by atoms with Crippen LogP contribution in [0.25, 0.3) is 21.5 Å². The number of nitrogens with one attached hydrogen (secondary N) is 1. The molecule has 0 fully saturated rings. The lowest BCUT2D eigenvalue weighted by molar-refractivity contribution is 0.425. The van der Waals surface area contributed by atoms with Crippen LogP contribution in [0.4, 0.5) is 0 Å². The van der Waals surface area contributed by atoms with Crippen molar-refractivity contribution < 1.29 is 10.0 Å². The van der Waals surface area contributed by atoms with Crippen molar-refractivity contribution in [3.05, 3.63) is 90.5 Å². The topological polar surface area (TPSA) is 52.5 Å². The van der Waals surface area contributed by atoms with Crippen molar-refractivity contribution in [2.75, 3.05) is 7.05 Å². The molecule has 4 rings (SSSR count). The van der Waals surface area contributed by atoms with Crippen LogP contribution in [0.1, 0.15) is 5.56 Å². The summed E-state index contributed by atoms with van der Waals surface area (Å²) in [5.41, 5.74) is 1.47. The lowest BCUT2D eigenvalue weighted by Gasteiger charge is -2.06. The third-order valence-electron chi connectivity index (χ3n) is 4.31. The first-order chi connectivity index (χ1) is 12.7. The summed E-state index contributed by atoms with van der Waals surface area (Å²) in [5.74, 6) is 0. The van der Waals surface area contributed by atoms with E-state index in [1.54, 1.807) is 12.1 Å². The fourth-order valence-electron chi connectivity index (χ4n) is 3.02. The van der Waals surface area contributed by atoms with Crippen molar-refractivity contribution in [1.29, 1.82) is 0 Å². The van der Waals surface area contributed by atoms with Crippen LogP contribution in [0.2, 0.25) is 0 Å². The molecule has 0 spiro atoms. The standard InChI is InChI=1S/C14H10.C8H12BNO2/c1-2-6-12-10-14-8-4-3-7-13(14)9-11(12)5-1;1-10-6-7-4-2-3-5-8(7)9(11)12/h1-10H;2-5,10-12H,6H2,1H3. The highest BCUT2D eigenvalue weighted by Gasteiger charge is 2.13. The number of benzene rings is 4. The Hall–Kier alpha value is -2.66. The fourth-order valence-corrected chi connectivity index (χ4v) is 3.02. The van der Waals surface area contributed by atoms with Gasteiger partial charge in [0, 0.05) is 6.54 Å². The summed E-state index contributed by atoms with van der Waals surface area (Å²) in [5, 5.41) is 26.1. The maximum absolute atomic E-state index is 8.96. The molecule has 3 nitrogen and oxygen atoms in total. The van der Waals surface area contributed by atoms with Gasteiger partial charge in [0.15, 0.2) is 0 Å². The Morgan fingerprint density at radius 3 is 1.54 bits per heavy atom. The number of fused-ring (bicyclic) bond motifs is 2. The highest BCUT2D eigenvalue weighted by molar-refractivity contribution is 6.59. The number of hydrogen-bond acceptors (Lipinski definition) is 3. The second-order valence-corrected chi connectivity index (χ2v) is 6.15. The Balaban J connectivity index is 0.000000153. The first kappa shape index (κ1) is 18.1. The highest BCUT2D eigenvalue weighted by atomic mass is 16.4. The van der Waals surface area contributed by atoms with Gasteiger partial charge in [0.05, 0.1) is 0 Å². The van der Waals surface area contributed by atoms with Gasteiger partial charge in [0.25, 0.3) is 0 Å². The molecule has 3 N–H and O–H groups in total. The van der Waals surface area contributed by atoms with Crippen molar-refractivity contribution in [2.24, 2.45) is 0 Å². The molecule has 4 aromatic rings. The molecule has 0 aliphatic rings. The molecule has 0 heterocycles. The third-order valence-corrected chi connectivity index (χ3v) is 4.31. The Morgan fingerprint density at radius 1 is 0.692 bits per heavy atom. The highest BCUT2D eigenvalue weighted by Crippen LogP contribution is 2.22. The van der Waals surface area contributed by atoms with Gasteiger partial charge in [-0.2, -0.15) is 0 Å². The van der Waals surface area contributed by atoms with Crippen LogP contribution in [0.5, 0.6) is 0 Å². The summed E-state index contributed by atoms with van der Waals surface area (Å²) in [6.45, 7) is 0.647. The minimum Gasteiger partial charge on any atom is -0.423 e. The van der Waals surface area contributed by atoms with Gasteiger partial charge in [0.1, 0.15) is 0 Å². The van der Waals surface area contributed by atoms with Gasteiger partial charge < -0.3 is 15.4 Å². The van der Waals surface area contributed by atoms with E-state index in [2.05, 4.69) is 66.0 Å². The molecule has 0 aliphatic heterocycles. The average molecular weight is 343 g/mol. The molecule has 0 atom stereocenters. The molecule has 0 bridgehead atoms. The minimum atomic E-state index is -1.38. The van der Waals surface area contributed by atoms with E-state index in [0.717, 1.165) is 5.56 Å². The van der Waals surface area contributed by atoms with E-state index in [1.807, 2.05) is 19.2 Å². The zero-order chi connectivity index (χ0) is 18.4. The Bertz CT molecular complexity index is 896. The smallest absolute Gasteiger partial charge is 0.423 e. The van der Waals surface area contributed by atoms with Crippen molar-refractivity contribution in [3.63, 3.8) is 0 Å². The molecule has 0 unspecified atom stereocenters. The zero-order valence-corrected chi connectivity index (χ0v) is 14.8. The molecular formula is C22H22BNO2. The molecule has 0 amide bonds. The normalized spacial score (nSPS) is 10.4. The van der Waals surface area contributed by atoms with Crippen LogP contribution in [-0.2, 0) is 6.54 Å². The van der Waals surface area contributed by atoms with Crippen molar-refractivity contribution in [2.45, 2.75) is 6.54 Å². The Labute approximate surface area is 154 Å². The molecule has 0 saturated carbocycles. The van der Waals surface area contributed by atoms with Gasteiger partial charge in [0.2, 0.25) is 0 Å². The maximum Gasteiger partial charge on any atom is 0.488 e. The van der Waals surface area contributed by atoms with E-state index >= 15 is 0 Å². The van der Waals surface area contributed by atoms with Gasteiger partial charge in [-0.05, 0) is 51.8 Å². The lowest BCUT2D eigenvalue weighted by Crippen LogP contribution is -2.34. The van der Waals surface area contributed by atoms with Gasteiger partial charge in [-0.15, -0.1) is 0 Å². The molecule has 0 radical (unpaired) electrons. The molecule has 0 aromatic heterocycles. The van der Waals surface area contributed by atoms with E-state index in [4.69, 9.17) is 10.0 Å². The first-order valence-electron chi connectivity index (χ1n) is 8.65. The van der Waals surface area contributed by atoms with Crippen molar-refractivity contribution in [3.8, 4) is 0 Å². The summed E-state index contributed by atoms with van der Waals surface area (Å²) in [6, 6.07) is 28.7. The minimum absolute atomic E-state index is 0.562. The Kier molecular flexibility index (Phi) is 6.02. The largest absolute Gasteiger partial charge is 0.488 e. The van der Waals surface area contributed by atoms with Gasteiger partial charge in [-0.25, -0.2) is 0 Å². The summed E-state index contributed by atoms with van der Waals surface area (Å²) in [4.78, 5) is 0. The summed E-state index contributed by atoms with van der Waals surface area (Å²) in [7, 11) is 0.440. The molecule has 0 saturated heterocycles. The quantitative estimate of drug-likeness (QED) is 0.396. The number of rotatable bonds is 3. The molecule has 130 valence electrons. The van der Waals surface area contributed by atoms with Crippen LogP contribution in [0, 0.1) is 0 Å². The zero-order valence-electron chi connectivity index (χ0n) is 14.8. The first-order valence-corrected chi connectivity index (χ1v) is 8.65. The van der Waals surface area contributed by atoms with Crippen molar-refractivity contribution in [1.82, 2.24) is 5.32 Å². The second kappa shape index (κ2) is 8.63. The molecule has 4 heteroatoms. The van der Waals surface area contributed by atoms with E-state index < -0.39 is 7.12 Å². The predicted octanol–water partition coefficient (Wildman–Crippen LogP) is 3.08. The number of hydrogen-bond donors (Lipinski definition) is 3. The average Bonchev–Trinajstić information content (AvgIpc) is 2.67.